The molecule has 3 rings (SSSR count). The van der Waals surface area contributed by atoms with Crippen LogP contribution in [0.15, 0.2) is 53.4 Å². The van der Waals surface area contributed by atoms with Gasteiger partial charge in [0, 0.05) is 47.2 Å². The Labute approximate surface area is 178 Å². The Bertz CT molecular complexity index is 929. The number of nitrogens with one attached hydrogen (secondary N) is 2. The van der Waals surface area contributed by atoms with Crippen molar-refractivity contribution in [3.8, 4) is 0 Å². The average Bonchev–Trinajstić information content (AvgIpc) is 2.74. The van der Waals surface area contributed by atoms with Gasteiger partial charge in [-0.1, -0.05) is 18.2 Å². The minimum Gasteiger partial charge on any atom is -0.381 e. The van der Waals surface area contributed by atoms with Crippen molar-refractivity contribution in [3.63, 3.8) is 0 Å². The number of carbonyl (C=O) groups is 2. The van der Waals surface area contributed by atoms with Crippen LogP contribution in [0.5, 0.6) is 0 Å². The van der Waals surface area contributed by atoms with E-state index in [9.17, 15) is 19.7 Å². The third kappa shape index (κ3) is 5.58. The number of amides is 2. The summed E-state index contributed by atoms with van der Waals surface area (Å²) in [5.41, 5.74) is 0.792. The number of nitro groups is 1. The van der Waals surface area contributed by atoms with E-state index in [1.54, 1.807) is 18.7 Å². The topological polar surface area (TPSA) is 111 Å². The molecule has 1 heterocycles. The fourth-order valence-electron chi connectivity index (χ4n) is 3.20. The van der Waals surface area contributed by atoms with Crippen LogP contribution in [0.3, 0.4) is 0 Å². The molecule has 1 aliphatic rings. The molecule has 0 aromatic heterocycles. The number of hydrogen-bond acceptors (Lipinski definition) is 6. The molecule has 8 nitrogen and oxygen atoms in total. The summed E-state index contributed by atoms with van der Waals surface area (Å²) in [6, 6.07) is 14.0. The molecular weight excluding hydrogens is 406 g/mol. The van der Waals surface area contributed by atoms with E-state index in [2.05, 4.69) is 10.6 Å². The lowest BCUT2D eigenvalue weighted by molar-refractivity contribution is -0.384. The lowest BCUT2D eigenvalue weighted by atomic mass is 9.99. The Morgan fingerprint density at radius 3 is 2.47 bits per heavy atom. The number of nitro benzene ring substituents is 1. The molecule has 1 fully saturated rings. The van der Waals surface area contributed by atoms with Gasteiger partial charge in [0.05, 0.1) is 4.92 Å². The second-order valence-corrected chi connectivity index (χ2v) is 8.65. The van der Waals surface area contributed by atoms with Crippen molar-refractivity contribution in [3.05, 3.63) is 64.2 Å². The predicted octanol–water partition coefficient (Wildman–Crippen LogP) is 3.30. The number of rotatable bonds is 6. The molecule has 2 amide bonds. The standard InChI is InChI=1S/C21H23N3O5S/c1-15-13-16(24(27)28)7-8-18(15)23-20(26)19(25)22-14-21(9-11-29-12-10-21)30-17-5-3-2-4-6-17/h2-8,13H,9-12,14H2,1H3,(H,22,25)(H,23,26). The highest BCUT2D eigenvalue weighted by molar-refractivity contribution is 8.00. The van der Waals surface area contributed by atoms with E-state index in [0.29, 0.717) is 31.0 Å². The Hall–Kier alpha value is -2.91. The van der Waals surface area contributed by atoms with Crippen LogP contribution in [0, 0.1) is 17.0 Å². The summed E-state index contributed by atoms with van der Waals surface area (Å²) in [6.45, 7) is 3.17. The Morgan fingerprint density at radius 1 is 1.13 bits per heavy atom. The maximum atomic E-state index is 12.4. The summed E-state index contributed by atoms with van der Waals surface area (Å²) in [7, 11) is 0. The van der Waals surface area contributed by atoms with Gasteiger partial charge < -0.3 is 15.4 Å². The fourth-order valence-corrected chi connectivity index (χ4v) is 4.51. The molecular formula is C21H23N3O5S. The summed E-state index contributed by atoms with van der Waals surface area (Å²) >= 11 is 1.69. The molecule has 2 aromatic rings. The van der Waals surface area contributed by atoms with Gasteiger partial charge in [-0.05, 0) is 43.5 Å². The summed E-state index contributed by atoms with van der Waals surface area (Å²) in [6.07, 6.45) is 1.52. The minimum atomic E-state index is -0.807. The summed E-state index contributed by atoms with van der Waals surface area (Å²) in [5, 5.41) is 16.1. The van der Waals surface area contributed by atoms with Crippen molar-refractivity contribution in [2.24, 2.45) is 0 Å². The highest BCUT2D eigenvalue weighted by Gasteiger charge is 2.35. The molecule has 0 unspecified atom stereocenters. The number of anilines is 1. The number of aryl methyl sites for hydroxylation is 1. The number of thioether (sulfide) groups is 1. The van der Waals surface area contributed by atoms with Crippen LogP contribution in [0.2, 0.25) is 0 Å². The Kier molecular flexibility index (Phi) is 7.07. The van der Waals surface area contributed by atoms with Crippen LogP contribution in [0.1, 0.15) is 18.4 Å². The molecule has 2 N–H and O–H groups in total. The maximum absolute atomic E-state index is 12.4. The van der Waals surface area contributed by atoms with Gasteiger partial charge >= 0.3 is 11.8 Å². The molecule has 0 spiro atoms. The van der Waals surface area contributed by atoms with E-state index in [1.165, 1.54) is 18.2 Å². The number of nitrogens with zero attached hydrogens (tertiary/aromatic N) is 1. The first-order chi connectivity index (χ1) is 14.4. The lowest BCUT2D eigenvalue weighted by Crippen LogP contribution is -2.47. The number of ether oxygens (including phenoxy) is 1. The van der Waals surface area contributed by atoms with Crippen LogP contribution in [-0.2, 0) is 14.3 Å². The molecule has 1 aliphatic heterocycles. The summed E-state index contributed by atoms with van der Waals surface area (Å²) < 4.78 is 5.23. The molecule has 30 heavy (non-hydrogen) atoms. The largest absolute Gasteiger partial charge is 0.381 e. The van der Waals surface area contributed by atoms with Gasteiger partial charge in [-0.25, -0.2) is 0 Å². The second kappa shape index (κ2) is 9.73. The van der Waals surface area contributed by atoms with Crippen molar-refractivity contribution >= 4 is 35.0 Å². The Morgan fingerprint density at radius 2 is 1.83 bits per heavy atom. The van der Waals surface area contributed by atoms with Crippen molar-refractivity contribution in [1.82, 2.24) is 5.32 Å². The minimum absolute atomic E-state index is 0.0747. The number of benzene rings is 2. The van der Waals surface area contributed by atoms with Gasteiger partial charge in [-0.15, -0.1) is 11.8 Å². The first-order valence-corrected chi connectivity index (χ1v) is 10.4. The van der Waals surface area contributed by atoms with Crippen LogP contribution < -0.4 is 10.6 Å². The number of hydrogen-bond donors (Lipinski definition) is 2. The van der Waals surface area contributed by atoms with Crippen LogP contribution in [0.25, 0.3) is 0 Å². The average molecular weight is 429 g/mol. The predicted molar refractivity (Wildman–Crippen MR) is 115 cm³/mol. The SMILES string of the molecule is Cc1cc([N+](=O)[O-])ccc1NC(=O)C(=O)NCC1(Sc2ccccc2)CCOCC1. The van der Waals surface area contributed by atoms with Gasteiger partial charge in [0.15, 0.2) is 0 Å². The van der Waals surface area contributed by atoms with Gasteiger partial charge in [-0.3, -0.25) is 19.7 Å². The summed E-state index contributed by atoms with van der Waals surface area (Å²) in [4.78, 5) is 36.2. The highest BCUT2D eigenvalue weighted by Crippen LogP contribution is 2.40. The van der Waals surface area contributed by atoms with E-state index in [4.69, 9.17) is 4.74 Å². The molecule has 2 aromatic carbocycles. The van der Waals surface area contributed by atoms with E-state index in [-0.39, 0.29) is 10.4 Å². The van der Waals surface area contributed by atoms with Crippen molar-refractivity contribution < 1.29 is 19.2 Å². The van der Waals surface area contributed by atoms with E-state index in [1.807, 2.05) is 30.3 Å². The second-order valence-electron chi connectivity index (χ2n) is 7.10. The van der Waals surface area contributed by atoms with Crippen molar-refractivity contribution in [1.29, 1.82) is 0 Å². The molecule has 0 atom stereocenters. The van der Waals surface area contributed by atoms with Gasteiger partial charge in [-0.2, -0.15) is 0 Å². The molecule has 0 saturated carbocycles. The van der Waals surface area contributed by atoms with Crippen molar-refractivity contribution in [2.75, 3.05) is 25.1 Å². The monoisotopic (exact) mass is 429 g/mol. The summed E-state index contributed by atoms with van der Waals surface area (Å²) in [5.74, 6) is -1.55. The third-order valence-corrected chi connectivity index (χ3v) is 6.42. The highest BCUT2D eigenvalue weighted by atomic mass is 32.2. The molecule has 0 radical (unpaired) electrons. The maximum Gasteiger partial charge on any atom is 0.313 e. The normalized spacial score (nSPS) is 15.2. The van der Waals surface area contributed by atoms with E-state index in [0.717, 1.165) is 17.7 Å². The van der Waals surface area contributed by atoms with E-state index < -0.39 is 16.7 Å². The van der Waals surface area contributed by atoms with Gasteiger partial charge in [0.2, 0.25) is 0 Å². The van der Waals surface area contributed by atoms with Crippen LogP contribution >= 0.6 is 11.8 Å². The fraction of sp³-hybridized carbons (Fsp3) is 0.333. The smallest absolute Gasteiger partial charge is 0.313 e. The van der Waals surface area contributed by atoms with E-state index >= 15 is 0 Å². The number of non-ortho nitro benzene ring substituents is 1. The first-order valence-electron chi connectivity index (χ1n) is 9.55. The molecule has 0 bridgehead atoms. The van der Waals surface area contributed by atoms with Gasteiger partial charge in [0.1, 0.15) is 0 Å². The van der Waals surface area contributed by atoms with Crippen molar-refractivity contribution in [2.45, 2.75) is 29.4 Å². The zero-order valence-electron chi connectivity index (χ0n) is 16.6. The Balaban J connectivity index is 1.62. The zero-order valence-corrected chi connectivity index (χ0v) is 17.4. The zero-order chi connectivity index (χ0) is 21.6. The molecule has 0 aliphatic carbocycles. The quantitative estimate of drug-likeness (QED) is 0.414. The molecule has 158 valence electrons. The van der Waals surface area contributed by atoms with Gasteiger partial charge in [0.25, 0.3) is 5.69 Å². The lowest BCUT2D eigenvalue weighted by Gasteiger charge is -2.36. The molecule has 1 saturated heterocycles. The third-order valence-electron chi connectivity index (χ3n) is 4.93. The van der Waals surface area contributed by atoms with Crippen LogP contribution in [0.4, 0.5) is 11.4 Å². The first kappa shape index (κ1) is 21.8. The molecule has 9 heteroatoms. The number of carbonyl (C=O) groups excluding carboxylic acids is 2. The van der Waals surface area contributed by atoms with Crippen LogP contribution in [-0.4, -0.2) is 41.2 Å².